The number of hydrogen-bond donors (Lipinski definition) is 1. The first-order valence-electron chi connectivity index (χ1n) is 6.80. The van der Waals surface area contributed by atoms with Crippen molar-refractivity contribution in [1.82, 2.24) is 5.32 Å². The smallest absolute Gasteiger partial charge is 0.161 e. The van der Waals surface area contributed by atoms with E-state index in [0.29, 0.717) is 30.3 Å². The van der Waals surface area contributed by atoms with Crippen LogP contribution >= 0.6 is 0 Å². The van der Waals surface area contributed by atoms with E-state index in [0.717, 1.165) is 25.9 Å². The van der Waals surface area contributed by atoms with Crippen molar-refractivity contribution in [3.63, 3.8) is 0 Å². The van der Waals surface area contributed by atoms with Gasteiger partial charge < -0.3 is 14.8 Å². The molecule has 1 heterocycles. The van der Waals surface area contributed by atoms with Gasteiger partial charge in [0, 0.05) is 12.3 Å². The van der Waals surface area contributed by atoms with Crippen molar-refractivity contribution < 1.29 is 14.3 Å². The van der Waals surface area contributed by atoms with E-state index in [9.17, 15) is 4.79 Å². The summed E-state index contributed by atoms with van der Waals surface area (Å²) in [6, 6.07) is 7.50. The Balaban J connectivity index is 1.78. The van der Waals surface area contributed by atoms with Crippen LogP contribution in [-0.2, 0) is 4.79 Å². The number of Topliss-reactive ketones (excluding diaryl/α,β-unsaturated/α-hetero) is 1. The van der Waals surface area contributed by atoms with Crippen molar-refractivity contribution >= 4 is 5.78 Å². The fourth-order valence-corrected chi connectivity index (χ4v) is 2.35. The highest BCUT2D eigenvalue weighted by Gasteiger charge is 2.20. The molecule has 1 aliphatic rings. The van der Waals surface area contributed by atoms with E-state index in [1.54, 1.807) is 7.11 Å². The van der Waals surface area contributed by atoms with Gasteiger partial charge in [-0.25, -0.2) is 0 Å². The molecule has 0 radical (unpaired) electrons. The van der Waals surface area contributed by atoms with E-state index in [1.165, 1.54) is 0 Å². The molecule has 4 nitrogen and oxygen atoms in total. The third-order valence-corrected chi connectivity index (χ3v) is 3.47. The van der Waals surface area contributed by atoms with Gasteiger partial charge >= 0.3 is 0 Å². The van der Waals surface area contributed by atoms with Crippen LogP contribution in [0.1, 0.15) is 19.3 Å². The van der Waals surface area contributed by atoms with E-state index < -0.39 is 0 Å². The summed E-state index contributed by atoms with van der Waals surface area (Å²) in [5, 5.41) is 3.27. The second-order valence-corrected chi connectivity index (χ2v) is 4.74. The maximum absolute atomic E-state index is 12.0. The van der Waals surface area contributed by atoms with Crippen LogP contribution in [0.2, 0.25) is 0 Å². The standard InChI is InChI=1S/C15H21NO3/c1-18-14-4-2-3-5-15(14)19-11-8-13(17)12-6-9-16-10-7-12/h2-5,12,16H,6-11H2,1H3. The van der Waals surface area contributed by atoms with Gasteiger partial charge in [-0.2, -0.15) is 0 Å². The van der Waals surface area contributed by atoms with Gasteiger partial charge in [-0.05, 0) is 38.1 Å². The highest BCUT2D eigenvalue weighted by atomic mass is 16.5. The monoisotopic (exact) mass is 263 g/mol. The number of ether oxygens (including phenoxy) is 2. The molecule has 0 bridgehead atoms. The van der Waals surface area contributed by atoms with Crippen LogP contribution in [0.5, 0.6) is 11.5 Å². The van der Waals surface area contributed by atoms with Gasteiger partial charge in [0.05, 0.1) is 13.7 Å². The van der Waals surface area contributed by atoms with Crippen LogP contribution in [0.15, 0.2) is 24.3 Å². The molecule has 1 aliphatic heterocycles. The number of carbonyl (C=O) groups is 1. The number of piperidine rings is 1. The van der Waals surface area contributed by atoms with Crippen LogP contribution in [-0.4, -0.2) is 32.6 Å². The zero-order valence-electron chi connectivity index (χ0n) is 11.4. The lowest BCUT2D eigenvalue weighted by atomic mass is 9.92. The van der Waals surface area contributed by atoms with E-state index in [1.807, 2.05) is 24.3 Å². The van der Waals surface area contributed by atoms with Gasteiger partial charge in [-0.3, -0.25) is 4.79 Å². The second kappa shape index (κ2) is 7.14. The third kappa shape index (κ3) is 3.96. The molecule has 0 aliphatic carbocycles. The minimum absolute atomic E-state index is 0.211. The Hall–Kier alpha value is -1.55. The summed E-state index contributed by atoms with van der Waals surface area (Å²) in [4.78, 5) is 12.0. The molecule has 0 amide bonds. The largest absolute Gasteiger partial charge is 0.493 e. The lowest BCUT2D eigenvalue weighted by Crippen LogP contribution is -2.32. The van der Waals surface area contributed by atoms with Gasteiger partial charge in [-0.1, -0.05) is 12.1 Å². The fourth-order valence-electron chi connectivity index (χ4n) is 2.35. The zero-order chi connectivity index (χ0) is 13.5. The molecule has 1 aromatic rings. The molecule has 0 unspecified atom stereocenters. The van der Waals surface area contributed by atoms with E-state index >= 15 is 0 Å². The van der Waals surface area contributed by atoms with Gasteiger partial charge in [0.15, 0.2) is 11.5 Å². The molecule has 1 saturated heterocycles. The average Bonchev–Trinajstić information content (AvgIpc) is 2.48. The second-order valence-electron chi connectivity index (χ2n) is 4.74. The Kier molecular flexibility index (Phi) is 5.21. The Labute approximate surface area is 114 Å². The first-order chi connectivity index (χ1) is 9.31. The SMILES string of the molecule is COc1ccccc1OCCC(=O)C1CCNCC1. The molecular formula is C15H21NO3. The van der Waals surface area contributed by atoms with Gasteiger partial charge in [0.25, 0.3) is 0 Å². The quantitative estimate of drug-likeness (QED) is 0.853. The minimum Gasteiger partial charge on any atom is -0.493 e. The molecule has 2 rings (SSSR count). The number of benzene rings is 1. The molecule has 0 spiro atoms. The summed E-state index contributed by atoms with van der Waals surface area (Å²) in [6.45, 7) is 2.32. The summed E-state index contributed by atoms with van der Waals surface area (Å²) in [5.74, 6) is 1.93. The first kappa shape index (κ1) is 13.9. The van der Waals surface area contributed by atoms with Crippen molar-refractivity contribution in [2.45, 2.75) is 19.3 Å². The van der Waals surface area contributed by atoms with E-state index in [4.69, 9.17) is 9.47 Å². The predicted molar refractivity (Wildman–Crippen MR) is 73.7 cm³/mol. The van der Waals surface area contributed by atoms with Crippen LogP contribution in [0.4, 0.5) is 0 Å². The summed E-state index contributed by atoms with van der Waals surface area (Å²) in [7, 11) is 1.61. The Bertz CT molecular complexity index is 414. The normalized spacial score (nSPS) is 16.1. The fraction of sp³-hybridized carbons (Fsp3) is 0.533. The van der Waals surface area contributed by atoms with Crippen LogP contribution in [0.25, 0.3) is 0 Å². The first-order valence-corrected chi connectivity index (χ1v) is 6.80. The summed E-state index contributed by atoms with van der Waals surface area (Å²) < 4.78 is 10.8. The topological polar surface area (TPSA) is 47.6 Å². The molecule has 4 heteroatoms. The van der Waals surface area contributed by atoms with Crippen molar-refractivity contribution in [2.24, 2.45) is 5.92 Å². The number of methoxy groups -OCH3 is 1. The molecule has 0 atom stereocenters. The Morgan fingerprint density at radius 1 is 1.26 bits per heavy atom. The number of carbonyl (C=O) groups excluding carboxylic acids is 1. The van der Waals surface area contributed by atoms with Crippen LogP contribution < -0.4 is 14.8 Å². The summed E-state index contributed by atoms with van der Waals surface area (Å²) in [6.07, 6.45) is 2.38. The number of para-hydroxylation sites is 2. The summed E-state index contributed by atoms with van der Waals surface area (Å²) >= 11 is 0. The lowest BCUT2D eigenvalue weighted by molar-refractivity contribution is -0.124. The molecule has 1 N–H and O–H groups in total. The molecule has 0 aromatic heterocycles. The minimum atomic E-state index is 0.211. The zero-order valence-corrected chi connectivity index (χ0v) is 11.4. The molecular weight excluding hydrogens is 242 g/mol. The number of nitrogens with one attached hydrogen (secondary N) is 1. The van der Waals surface area contributed by atoms with Gasteiger partial charge in [0.2, 0.25) is 0 Å². The number of rotatable bonds is 6. The Morgan fingerprint density at radius 3 is 2.63 bits per heavy atom. The lowest BCUT2D eigenvalue weighted by Gasteiger charge is -2.21. The summed E-state index contributed by atoms with van der Waals surface area (Å²) in [5.41, 5.74) is 0. The van der Waals surface area contributed by atoms with Crippen molar-refractivity contribution in [1.29, 1.82) is 0 Å². The Morgan fingerprint density at radius 2 is 1.95 bits per heavy atom. The van der Waals surface area contributed by atoms with Crippen LogP contribution in [0.3, 0.4) is 0 Å². The van der Waals surface area contributed by atoms with E-state index in [-0.39, 0.29) is 5.92 Å². The maximum atomic E-state index is 12.0. The number of ketones is 1. The van der Waals surface area contributed by atoms with E-state index in [2.05, 4.69) is 5.32 Å². The maximum Gasteiger partial charge on any atom is 0.161 e. The van der Waals surface area contributed by atoms with Crippen molar-refractivity contribution in [2.75, 3.05) is 26.8 Å². The van der Waals surface area contributed by atoms with Crippen molar-refractivity contribution in [3.8, 4) is 11.5 Å². The third-order valence-electron chi connectivity index (χ3n) is 3.47. The molecule has 19 heavy (non-hydrogen) atoms. The van der Waals surface area contributed by atoms with Crippen LogP contribution in [0, 0.1) is 5.92 Å². The molecule has 1 fully saturated rings. The average molecular weight is 263 g/mol. The number of hydrogen-bond acceptors (Lipinski definition) is 4. The molecule has 0 saturated carbocycles. The van der Waals surface area contributed by atoms with Gasteiger partial charge in [0.1, 0.15) is 5.78 Å². The van der Waals surface area contributed by atoms with Crippen molar-refractivity contribution in [3.05, 3.63) is 24.3 Å². The highest BCUT2D eigenvalue weighted by molar-refractivity contribution is 5.81. The highest BCUT2D eigenvalue weighted by Crippen LogP contribution is 2.26. The predicted octanol–water partition coefficient (Wildman–Crippen LogP) is 2.03. The molecule has 1 aromatic carbocycles. The molecule has 104 valence electrons. The van der Waals surface area contributed by atoms with Gasteiger partial charge in [-0.15, -0.1) is 0 Å².